The van der Waals surface area contributed by atoms with Crippen LogP contribution in [0.1, 0.15) is 58.6 Å². The van der Waals surface area contributed by atoms with E-state index in [-0.39, 0.29) is 18.2 Å². The first-order valence-corrected chi connectivity index (χ1v) is 16.2. The predicted octanol–water partition coefficient (Wildman–Crippen LogP) is 4.78. The summed E-state index contributed by atoms with van der Waals surface area (Å²) in [5, 5.41) is 23.5. The molecule has 4 aromatic rings. The van der Waals surface area contributed by atoms with Crippen molar-refractivity contribution in [1.82, 2.24) is 36.6 Å². The van der Waals surface area contributed by atoms with Crippen molar-refractivity contribution >= 4 is 23.6 Å². The molecule has 0 saturated carbocycles. The second kappa shape index (κ2) is 14.8. The number of amides is 3. The molecule has 4 N–H and O–H groups in total. The van der Waals surface area contributed by atoms with E-state index in [1.807, 2.05) is 107 Å². The Morgan fingerprint density at radius 2 is 1.65 bits per heavy atom. The molecule has 1 aromatic heterocycles. The second-order valence-electron chi connectivity index (χ2n) is 13.6. The van der Waals surface area contributed by atoms with Gasteiger partial charge in [-0.15, -0.1) is 10.2 Å². The Morgan fingerprint density at radius 1 is 0.938 bits per heavy atom. The number of rotatable bonds is 11. The fourth-order valence-electron chi connectivity index (χ4n) is 5.78. The minimum Gasteiger partial charge on any atom is -0.444 e. The molecule has 48 heavy (non-hydrogen) atoms. The standard InChI is InChI=1S/C36H44N8O4/c1-35(2,3)48-34(47)37-20-21-38-36(4,5)22-31(45)39-29-19-18-26-10-6-9-13-30(26)44(33(29)46)23-24-14-16-25(17-15-24)27-11-7-8-12-28(27)32-40-42-43-41-32/h6-17,29,38H,18-23H2,1-5H3,(H,37,47)(H,39,45)(H,40,41,42,43)/t29-/m1/s1. The number of carbonyl (C=O) groups is 3. The van der Waals surface area contributed by atoms with Crippen LogP contribution in [0.5, 0.6) is 0 Å². The zero-order valence-corrected chi connectivity index (χ0v) is 28.2. The number of benzene rings is 3. The van der Waals surface area contributed by atoms with Crippen LogP contribution in [0.4, 0.5) is 10.5 Å². The molecule has 0 saturated heterocycles. The number of fused-ring (bicyclic) bond motifs is 1. The molecule has 0 spiro atoms. The Labute approximate surface area is 281 Å². The maximum Gasteiger partial charge on any atom is 0.407 e. The SMILES string of the molecule is CC(C)(CC(=O)N[C@@H]1CCc2ccccc2N(Cc2ccc(-c3ccccc3-c3nn[nH]n3)cc2)C1=O)NCCNC(=O)OC(C)(C)C. The summed E-state index contributed by atoms with van der Waals surface area (Å²) in [7, 11) is 0. The first kappa shape index (κ1) is 34.2. The lowest BCUT2D eigenvalue weighted by Gasteiger charge is -2.29. The molecule has 1 aliphatic heterocycles. The highest BCUT2D eigenvalue weighted by atomic mass is 16.6. The zero-order chi connectivity index (χ0) is 34.3. The average molecular weight is 653 g/mol. The van der Waals surface area contributed by atoms with Crippen molar-refractivity contribution in [2.45, 2.75) is 77.6 Å². The minimum atomic E-state index is -0.671. The van der Waals surface area contributed by atoms with Crippen molar-refractivity contribution in [1.29, 1.82) is 0 Å². The van der Waals surface area contributed by atoms with Gasteiger partial charge in [-0.05, 0) is 81.0 Å². The molecular weight excluding hydrogens is 608 g/mol. The van der Waals surface area contributed by atoms with Crippen molar-refractivity contribution in [2.75, 3.05) is 18.0 Å². The number of hydrogen-bond acceptors (Lipinski definition) is 8. The largest absolute Gasteiger partial charge is 0.444 e. The van der Waals surface area contributed by atoms with E-state index in [1.54, 1.807) is 4.90 Å². The van der Waals surface area contributed by atoms with E-state index in [1.165, 1.54) is 0 Å². The molecular formula is C36H44N8O4. The maximum absolute atomic E-state index is 14.1. The van der Waals surface area contributed by atoms with Gasteiger partial charge in [0.2, 0.25) is 17.6 Å². The van der Waals surface area contributed by atoms with Crippen LogP contribution in [0.25, 0.3) is 22.5 Å². The molecule has 1 aliphatic rings. The number of nitrogens with one attached hydrogen (secondary N) is 4. The predicted molar refractivity (Wildman–Crippen MR) is 184 cm³/mol. The van der Waals surface area contributed by atoms with Gasteiger partial charge in [0.1, 0.15) is 11.6 Å². The smallest absolute Gasteiger partial charge is 0.407 e. The van der Waals surface area contributed by atoms with Gasteiger partial charge in [0, 0.05) is 36.3 Å². The van der Waals surface area contributed by atoms with Crippen molar-refractivity contribution in [2.24, 2.45) is 0 Å². The lowest BCUT2D eigenvalue weighted by atomic mass is 9.98. The number of hydrogen-bond donors (Lipinski definition) is 4. The maximum atomic E-state index is 14.1. The Bertz CT molecular complexity index is 1710. The molecule has 2 heterocycles. The van der Waals surface area contributed by atoms with E-state index in [9.17, 15) is 14.4 Å². The normalized spacial score (nSPS) is 15.0. The monoisotopic (exact) mass is 652 g/mol. The van der Waals surface area contributed by atoms with Gasteiger partial charge in [0.05, 0.1) is 6.54 Å². The Morgan fingerprint density at radius 3 is 2.35 bits per heavy atom. The fraction of sp³-hybridized carbons (Fsp3) is 0.389. The van der Waals surface area contributed by atoms with Crippen LogP contribution < -0.4 is 20.9 Å². The molecule has 0 fully saturated rings. The van der Waals surface area contributed by atoms with Gasteiger partial charge in [-0.1, -0.05) is 66.7 Å². The molecule has 0 bridgehead atoms. The summed E-state index contributed by atoms with van der Waals surface area (Å²) in [6, 6.07) is 23.2. The van der Waals surface area contributed by atoms with Crippen molar-refractivity contribution in [3.63, 3.8) is 0 Å². The first-order chi connectivity index (χ1) is 22.9. The molecule has 0 aliphatic carbocycles. The number of anilines is 1. The molecule has 12 heteroatoms. The quantitative estimate of drug-likeness (QED) is 0.169. The summed E-state index contributed by atoms with van der Waals surface area (Å²) >= 11 is 0. The second-order valence-corrected chi connectivity index (χ2v) is 13.6. The number of ether oxygens (including phenoxy) is 1. The Kier molecular flexibility index (Phi) is 10.5. The van der Waals surface area contributed by atoms with Gasteiger partial charge in [-0.25, -0.2) is 4.79 Å². The van der Waals surface area contributed by atoms with Gasteiger partial charge < -0.3 is 25.6 Å². The third-order valence-electron chi connectivity index (χ3n) is 8.00. The molecule has 1 atom stereocenters. The minimum absolute atomic E-state index is 0.146. The van der Waals surface area contributed by atoms with Crippen LogP contribution in [0.3, 0.4) is 0 Å². The molecule has 12 nitrogen and oxygen atoms in total. The van der Waals surface area contributed by atoms with E-state index in [0.29, 0.717) is 38.3 Å². The average Bonchev–Trinajstić information content (AvgIpc) is 3.54. The van der Waals surface area contributed by atoms with Crippen LogP contribution in [0, 0.1) is 0 Å². The molecule has 0 unspecified atom stereocenters. The van der Waals surface area contributed by atoms with Gasteiger partial charge >= 0.3 is 6.09 Å². The third kappa shape index (κ3) is 9.03. The van der Waals surface area contributed by atoms with Gasteiger partial charge in [-0.3, -0.25) is 9.59 Å². The summed E-state index contributed by atoms with van der Waals surface area (Å²) in [5.74, 6) is 0.151. The van der Waals surface area contributed by atoms with E-state index in [4.69, 9.17) is 4.74 Å². The summed E-state index contributed by atoms with van der Waals surface area (Å²) < 4.78 is 5.26. The number of nitrogens with zero attached hydrogens (tertiary/aromatic N) is 4. The molecule has 0 radical (unpaired) electrons. The molecule has 3 aromatic carbocycles. The Balaban J connectivity index is 1.23. The first-order valence-electron chi connectivity index (χ1n) is 16.2. The van der Waals surface area contributed by atoms with E-state index in [0.717, 1.165) is 33.5 Å². The highest BCUT2D eigenvalue weighted by Crippen LogP contribution is 2.32. The van der Waals surface area contributed by atoms with E-state index < -0.39 is 23.3 Å². The van der Waals surface area contributed by atoms with Crippen LogP contribution in [-0.2, 0) is 27.3 Å². The van der Waals surface area contributed by atoms with Gasteiger partial charge in [0.25, 0.3) is 0 Å². The van der Waals surface area contributed by atoms with E-state index in [2.05, 4.69) is 36.6 Å². The van der Waals surface area contributed by atoms with Gasteiger partial charge in [-0.2, -0.15) is 5.21 Å². The topological polar surface area (TPSA) is 154 Å². The number of aromatic amines is 1. The number of alkyl carbamates (subject to hydrolysis) is 1. The number of aromatic nitrogens is 4. The highest BCUT2D eigenvalue weighted by molar-refractivity contribution is 6.00. The lowest BCUT2D eigenvalue weighted by Crippen LogP contribution is -2.51. The Hall–Kier alpha value is -5.10. The number of H-pyrrole nitrogens is 1. The number of tetrazole rings is 1. The fourth-order valence-corrected chi connectivity index (χ4v) is 5.78. The third-order valence-corrected chi connectivity index (χ3v) is 8.00. The number of carbonyl (C=O) groups excluding carboxylic acids is 3. The van der Waals surface area contributed by atoms with Crippen molar-refractivity contribution in [3.8, 4) is 22.5 Å². The van der Waals surface area contributed by atoms with Gasteiger partial charge in [0.15, 0.2) is 0 Å². The van der Waals surface area contributed by atoms with Crippen LogP contribution in [0.2, 0.25) is 0 Å². The van der Waals surface area contributed by atoms with Crippen LogP contribution in [-0.4, -0.2) is 68.8 Å². The number of aryl methyl sites for hydroxylation is 1. The van der Waals surface area contributed by atoms with Crippen LogP contribution >= 0.6 is 0 Å². The van der Waals surface area contributed by atoms with Crippen molar-refractivity contribution < 1.29 is 19.1 Å². The van der Waals surface area contributed by atoms with E-state index >= 15 is 0 Å². The summed E-state index contributed by atoms with van der Waals surface area (Å²) in [6.45, 7) is 10.4. The molecule has 252 valence electrons. The molecule has 3 amide bonds. The highest BCUT2D eigenvalue weighted by Gasteiger charge is 2.32. The van der Waals surface area contributed by atoms with Crippen LogP contribution in [0.15, 0.2) is 72.8 Å². The summed E-state index contributed by atoms with van der Waals surface area (Å²) in [6.07, 6.45) is 0.826. The van der Waals surface area contributed by atoms with Crippen molar-refractivity contribution in [3.05, 3.63) is 83.9 Å². The number of para-hydroxylation sites is 1. The summed E-state index contributed by atoms with van der Waals surface area (Å²) in [5.41, 5.74) is 4.56. The zero-order valence-electron chi connectivity index (χ0n) is 28.2. The lowest BCUT2D eigenvalue weighted by molar-refractivity contribution is -0.128. The molecule has 5 rings (SSSR count). The summed E-state index contributed by atoms with van der Waals surface area (Å²) in [4.78, 5) is 41.1.